The van der Waals surface area contributed by atoms with Crippen LogP contribution in [-0.4, -0.2) is 30.1 Å². The number of rotatable bonds is 11. The summed E-state index contributed by atoms with van der Waals surface area (Å²) in [6.45, 7) is 1.96. The Morgan fingerprint density at radius 2 is 1.46 bits per heavy atom. The first-order valence-electron chi connectivity index (χ1n) is 13.1. The van der Waals surface area contributed by atoms with E-state index in [1.54, 1.807) is 61.7 Å². The Labute approximate surface area is 244 Å². The number of ether oxygens (including phenoxy) is 1. The zero-order chi connectivity index (χ0) is 29.0. The van der Waals surface area contributed by atoms with Gasteiger partial charge in [-0.25, -0.2) is 0 Å². The van der Waals surface area contributed by atoms with Crippen LogP contribution in [0.3, 0.4) is 0 Å². The molecular weight excluding hydrogens is 534 g/mol. The van der Waals surface area contributed by atoms with Crippen molar-refractivity contribution in [2.75, 3.05) is 17.7 Å². The van der Waals surface area contributed by atoms with Gasteiger partial charge in [0.1, 0.15) is 11.4 Å². The molecule has 4 aromatic carbocycles. The molecule has 0 bridgehead atoms. The lowest BCUT2D eigenvalue weighted by Crippen LogP contribution is -2.30. The molecule has 41 heavy (non-hydrogen) atoms. The molecule has 0 aliphatic carbocycles. The number of thioether (sulfide) groups is 1. The number of carbonyl (C=O) groups is 3. The molecule has 0 radical (unpaired) electrons. The molecule has 0 saturated carbocycles. The van der Waals surface area contributed by atoms with Gasteiger partial charge in [0.25, 0.3) is 11.8 Å². The molecule has 0 aliphatic rings. The van der Waals surface area contributed by atoms with Gasteiger partial charge in [-0.05, 0) is 61.0 Å². The van der Waals surface area contributed by atoms with E-state index in [4.69, 9.17) is 4.74 Å². The molecule has 0 aliphatic heterocycles. The zero-order valence-corrected chi connectivity index (χ0v) is 23.6. The van der Waals surface area contributed by atoms with Crippen molar-refractivity contribution in [3.05, 3.63) is 126 Å². The van der Waals surface area contributed by atoms with E-state index in [-0.39, 0.29) is 16.9 Å². The number of benzene rings is 4. The summed E-state index contributed by atoms with van der Waals surface area (Å²) in [6.07, 6.45) is 2.20. The van der Waals surface area contributed by atoms with Gasteiger partial charge in [0, 0.05) is 27.4 Å². The smallest absolute Gasteiger partial charge is 0.272 e. The summed E-state index contributed by atoms with van der Waals surface area (Å²) in [5, 5.41) is 8.25. The van der Waals surface area contributed by atoms with Crippen molar-refractivity contribution in [1.82, 2.24) is 5.32 Å². The van der Waals surface area contributed by atoms with Crippen LogP contribution in [-0.2, 0) is 9.59 Å². The lowest BCUT2D eigenvalue weighted by molar-refractivity contribution is -0.116. The van der Waals surface area contributed by atoms with E-state index >= 15 is 0 Å². The van der Waals surface area contributed by atoms with Gasteiger partial charge in [-0.3, -0.25) is 14.4 Å². The van der Waals surface area contributed by atoms with Gasteiger partial charge in [-0.15, -0.1) is 11.8 Å². The molecule has 3 N–H and O–H groups in total. The minimum Gasteiger partial charge on any atom is -0.496 e. The first-order valence-corrected chi connectivity index (χ1v) is 14.0. The topological polar surface area (TPSA) is 96.5 Å². The zero-order valence-electron chi connectivity index (χ0n) is 22.8. The molecule has 1 atom stereocenters. The number of hydrogen-bond donors (Lipinski definition) is 3. The van der Waals surface area contributed by atoms with Gasteiger partial charge >= 0.3 is 0 Å². The fraction of sp³-hybridized carbons (Fsp3) is 0.121. The molecule has 4 aromatic rings. The summed E-state index contributed by atoms with van der Waals surface area (Å²) in [7, 11) is 1.54. The maximum absolute atomic E-state index is 13.5. The molecule has 0 aromatic heterocycles. The maximum Gasteiger partial charge on any atom is 0.272 e. The maximum atomic E-state index is 13.5. The molecular formula is C33H31N3O4S. The van der Waals surface area contributed by atoms with Gasteiger partial charge < -0.3 is 20.7 Å². The Bertz CT molecular complexity index is 1520. The Kier molecular flexibility index (Phi) is 10.3. The average Bonchev–Trinajstić information content (AvgIpc) is 3.00. The van der Waals surface area contributed by atoms with Crippen molar-refractivity contribution in [3.8, 4) is 5.75 Å². The van der Waals surface area contributed by atoms with Gasteiger partial charge in [0.05, 0.1) is 12.4 Å². The molecule has 8 heteroatoms. The summed E-state index contributed by atoms with van der Waals surface area (Å²) in [5.74, 6) is -0.453. The third-order valence-corrected chi connectivity index (χ3v) is 7.40. The number of amides is 3. The van der Waals surface area contributed by atoms with E-state index in [1.165, 1.54) is 11.8 Å². The number of carbonyl (C=O) groups excluding carboxylic acids is 3. The van der Waals surface area contributed by atoms with Crippen LogP contribution in [0.2, 0.25) is 0 Å². The van der Waals surface area contributed by atoms with Gasteiger partial charge in [0.15, 0.2) is 0 Å². The Hall–Kier alpha value is -4.82. The third kappa shape index (κ3) is 8.33. The van der Waals surface area contributed by atoms with Crippen LogP contribution in [0, 0.1) is 0 Å². The molecule has 208 valence electrons. The normalized spacial score (nSPS) is 11.7. The first-order chi connectivity index (χ1) is 20.0. The largest absolute Gasteiger partial charge is 0.496 e. The molecule has 4 rings (SSSR count). The van der Waals surface area contributed by atoms with Crippen LogP contribution in [0.1, 0.15) is 29.3 Å². The summed E-state index contributed by atoms with van der Waals surface area (Å²) < 4.78 is 5.43. The van der Waals surface area contributed by atoms with Crippen molar-refractivity contribution in [3.63, 3.8) is 0 Å². The van der Waals surface area contributed by atoms with Gasteiger partial charge in [-0.1, -0.05) is 67.6 Å². The summed E-state index contributed by atoms with van der Waals surface area (Å²) in [6, 6.07) is 32.5. The van der Waals surface area contributed by atoms with Crippen LogP contribution in [0.5, 0.6) is 5.75 Å². The monoisotopic (exact) mass is 565 g/mol. The van der Waals surface area contributed by atoms with E-state index < -0.39 is 11.8 Å². The molecule has 0 heterocycles. The molecule has 1 unspecified atom stereocenters. The average molecular weight is 566 g/mol. The van der Waals surface area contributed by atoms with E-state index in [9.17, 15) is 14.4 Å². The van der Waals surface area contributed by atoms with Gasteiger partial charge in [0.2, 0.25) is 5.91 Å². The molecule has 7 nitrogen and oxygen atoms in total. The number of methoxy groups -OCH3 is 1. The number of para-hydroxylation sites is 2. The Morgan fingerprint density at radius 1 is 0.805 bits per heavy atom. The SMILES string of the molecule is CCC(Sc1cccc(NC(=O)/C(=C\c2ccccc2OC)NC(=O)c2ccccc2)c1)C(=O)Nc1ccccc1. The molecule has 3 amide bonds. The van der Waals surface area contributed by atoms with Crippen LogP contribution in [0.15, 0.2) is 120 Å². The highest BCUT2D eigenvalue weighted by atomic mass is 32.2. The second-order valence-electron chi connectivity index (χ2n) is 8.97. The highest BCUT2D eigenvalue weighted by Crippen LogP contribution is 2.29. The minimum atomic E-state index is -0.504. The van der Waals surface area contributed by atoms with Gasteiger partial charge in [-0.2, -0.15) is 0 Å². The van der Waals surface area contributed by atoms with Crippen molar-refractivity contribution < 1.29 is 19.1 Å². The van der Waals surface area contributed by atoms with E-state index in [1.807, 2.05) is 67.6 Å². The molecule has 0 spiro atoms. The van der Waals surface area contributed by atoms with Crippen molar-refractivity contribution >= 4 is 46.9 Å². The number of anilines is 2. The van der Waals surface area contributed by atoms with Crippen molar-refractivity contribution in [2.24, 2.45) is 0 Å². The molecule has 0 fully saturated rings. The lowest BCUT2D eigenvalue weighted by Gasteiger charge is -2.16. The molecule has 0 saturated heterocycles. The predicted octanol–water partition coefficient (Wildman–Crippen LogP) is 6.61. The van der Waals surface area contributed by atoms with Crippen molar-refractivity contribution in [2.45, 2.75) is 23.5 Å². The summed E-state index contributed by atoms with van der Waals surface area (Å²) in [5.41, 5.74) is 2.37. The van der Waals surface area contributed by atoms with E-state index in [0.29, 0.717) is 29.0 Å². The highest BCUT2D eigenvalue weighted by Gasteiger charge is 2.19. The predicted molar refractivity (Wildman–Crippen MR) is 165 cm³/mol. The van der Waals surface area contributed by atoms with E-state index in [2.05, 4.69) is 16.0 Å². The van der Waals surface area contributed by atoms with Crippen LogP contribution in [0.4, 0.5) is 11.4 Å². The Morgan fingerprint density at radius 3 is 2.17 bits per heavy atom. The Balaban J connectivity index is 1.53. The number of hydrogen-bond acceptors (Lipinski definition) is 5. The summed E-state index contributed by atoms with van der Waals surface area (Å²) in [4.78, 5) is 40.1. The fourth-order valence-corrected chi connectivity index (χ4v) is 4.97. The van der Waals surface area contributed by atoms with E-state index in [0.717, 1.165) is 10.6 Å². The van der Waals surface area contributed by atoms with Crippen LogP contribution in [0.25, 0.3) is 6.08 Å². The third-order valence-electron chi connectivity index (χ3n) is 6.04. The first kappa shape index (κ1) is 29.2. The lowest BCUT2D eigenvalue weighted by atomic mass is 10.1. The van der Waals surface area contributed by atoms with Crippen LogP contribution >= 0.6 is 11.8 Å². The second kappa shape index (κ2) is 14.5. The number of nitrogens with one attached hydrogen (secondary N) is 3. The second-order valence-corrected chi connectivity index (χ2v) is 10.2. The highest BCUT2D eigenvalue weighted by molar-refractivity contribution is 8.00. The fourth-order valence-electron chi connectivity index (χ4n) is 3.96. The van der Waals surface area contributed by atoms with Crippen molar-refractivity contribution in [1.29, 1.82) is 0 Å². The minimum absolute atomic E-state index is 0.0510. The standard InChI is InChI=1S/C33H31N3O4S/c1-3-30(33(39)34-25-16-8-5-9-17-25)41-27-19-12-18-26(22-27)35-32(38)28(21-24-15-10-11-20-29(24)40-2)36-31(37)23-13-6-4-7-14-23/h4-22,30H,3H2,1-2H3,(H,34,39)(H,35,38)(H,36,37)/b28-21+. The van der Waals surface area contributed by atoms with Crippen LogP contribution < -0.4 is 20.7 Å². The quantitative estimate of drug-likeness (QED) is 0.140. The summed E-state index contributed by atoms with van der Waals surface area (Å²) >= 11 is 1.42.